The van der Waals surface area contributed by atoms with Gasteiger partial charge in [-0.3, -0.25) is 19.3 Å². The van der Waals surface area contributed by atoms with E-state index in [-0.39, 0.29) is 56.6 Å². The summed E-state index contributed by atoms with van der Waals surface area (Å²) in [5.74, 6) is -0.279. The third kappa shape index (κ3) is 9.03. The monoisotopic (exact) mass is 678 g/mol. The Morgan fingerprint density at radius 1 is 1.02 bits per heavy atom. The van der Waals surface area contributed by atoms with Crippen LogP contribution in [0.4, 0.5) is 11.8 Å². The third-order valence-corrected chi connectivity index (χ3v) is 8.88. The van der Waals surface area contributed by atoms with Gasteiger partial charge in [0.2, 0.25) is 11.9 Å². The number of anilines is 2. The van der Waals surface area contributed by atoms with Crippen LogP contribution in [-0.4, -0.2) is 104 Å². The summed E-state index contributed by atoms with van der Waals surface area (Å²) in [5, 5.41) is 13.9. The smallest absolute Gasteiger partial charge is 0.333 e. The zero-order chi connectivity index (χ0) is 34.9. The van der Waals surface area contributed by atoms with Crippen LogP contribution >= 0.6 is 0 Å². The van der Waals surface area contributed by atoms with Gasteiger partial charge in [0, 0.05) is 70.2 Å². The average Bonchev–Trinajstić information content (AvgIpc) is 3.64. The minimum absolute atomic E-state index is 0.0199. The van der Waals surface area contributed by atoms with E-state index in [0.717, 1.165) is 41.7 Å². The minimum Gasteiger partial charge on any atom is -0.496 e. The lowest BCUT2D eigenvalue weighted by Gasteiger charge is -2.35. The molecule has 15 heteroatoms. The summed E-state index contributed by atoms with van der Waals surface area (Å²) in [6.45, 7) is 5.85. The standard InChI is InChI=1S/C34H46N8O7/c1-3-4-6-25(22-43)36-33-32-26(37-34(35)38-33)13-14-41(32)21-24-19-23(9-10-27(24)48-2)20-39-15-17-40(18-16-39)28(44)7-5-8-31(47)49-42-29(45)11-12-30(42)46/h9-10,13-14,19,25,43H,3-8,11-12,15-18,20-22H2,1-2H3,(H3,35,36,37,38). The van der Waals surface area contributed by atoms with Crippen LogP contribution < -0.4 is 15.8 Å². The second-order valence-corrected chi connectivity index (χ2v) is 12.5. The molecule has 0 bridgehead atoms. The molecule has 4 heterocycles. The number of nitrogens with one attached hydrogen (secondary N) is 1. The van der Waals surface area contributed by atoms with Gasteiger partial charge in [-0.25, -0.2) is 9.78 Å². The molecule has 2 saturated heterocycles. The molecule has 0 spiro atoms. The van der Waals surface area contributed by atoms with Gasteiger partial charge in [0.1, 0.15) is 11.3 Å². The fraction of sp³-hybridized carbons (Fsp3) is 0.529. The molecule has 2 aromatic heterocycles. The number of fused-ring (bicyclic) bond motifs is 1. The number of methoxy groups -OCH3 is 1. The van der Waals surface area contributed by atoms with Gasteiger partial charge in [-0.2, -0.15) is 4.98 Å². The van der Waals surface area contributed by atoms with E-state index in [0.29, 0.717) is 55.7 Å². The van der Waals surface area contributed by atoms with Gasteiger partial charge >= 0.3 is 5.97 Å². The first-order valence-corrected chi connectivity index (χ1v) is 16.9. The molecule has 1 unspecified atom stereocenters. The molecule has 2 fully saturated rings. The molecule has 1 atom stereocenters. The summed E-state index contributed by atoms with van der Waals surface area (Å²) in [5.41, 5.74) is 9.63. The maximum atomic E-state index is 12.8. The molecular weight excluding hydrogens is 632 g/mol. The first kappa shape index (κ1) is 35.5. The number of carbonyl (C=O) groups is 4. The van der Waals surface area contributed by atoms with E-state index in [1.807, 2.05) is 24.4 Å². The van der Waals surface area contributed by atoms with Gasteiger partial charge < -0.3 is 35.2 Å². The molecule has 264 valence electrons. The number of nitrogens with two attached hydrogens (primary N) is 1. The van der Waals surface area contributed by atoms with Crippen molar-refractivity contribution >= 4 is 46.5 Å². The molecule has 3 amide bonds. The van der Waals surface area contributed by atoms with Crippen LogP contribution in [0.2, 0.25) is 0 Å². The lowest BCUT2D eigenvalue weighted by molar-refractivity contribution is -0.197. The third-order valence-electron chi connectivity index (χ3n) is 8.88. The Morgan fingerprint density at radius 3 is 2.47 bits per heavy atom. The number of hydroxylamine groups is 2. The Morgan fingerprint density at radius 2 is 1.78 bits per heavy atom. The van der Waals surface area contributed by atoms with Crippen molar-refractivity contribution in [2.24, 2.45) is 0 Å². The van der Waals surface area contributed by atoms with Crippen LogP contribution in [0.1, 0.15) is 69.4 Å². The van der Waals surface area contributed by atoms with Gasteiger partial charge in [-0.1, -0.05) is 25.8 Å². The Hall–Kier alpha value is -4.76. The highest BCUT2D eigenvalue weighted by Gasteiger charge is 2.33. The molecule has 15 nitrogen and oxygen atoms in total. The first-order valence-electron chi connectivity index (χ1n) is 16.9. The summed E-state index contributed by atoms with van der Waals surface area (Å²) in [7, 11) is 1.65. The molecule has 2 aliphatic rings. The lowest BCUT2D eigenvalue weighted by atomic mass is 10.1. The Balaban J connectivity index is 1.16. The number of aliphatic hydroxyl groups excluding tert-OH is 1. The summed E-state index contributed by atoms with van der Waals surface area (Å²) >= 11 is 0. The number of piperazine rings is 1. The molecular formula is C34H46N8O7. The lowest BCUT2D eigenvalue weighted by Crippen LogP contribution is -2.48. The maximum absolute atomic E-state index is 12.8. The number of aromatic nitrogens is 3. The molecule has 4 N–H and O–H groups in total. The van der Waals surface area contributed by atoms with E-state index in [4.69, 9.17) is 15.3 Å². The second kappa shape index (κ2) is 16.6. The SMILES string of the molecule is CCCCC(CO)Nc1nc(N)nc2ccn(Cc3cc(CN4CCN(C(=O)CCCC(=O)ON5C(=O)CCC5=O)CC4)ccc3OC)c12. The van der Waals surface area contributed by atoms with Crippen molar-refractivity contribution in [3.8, 4) is 5.75 Å². The van der Waals surface area contributed by atoms with Crippen molar-refractivity contribution in [2.45, 2.75) is 77.4 Å². The highest BCUT2D eigenvalue weighted by atomic mass is 16.7. The number of benzene rings is 1. The number of carbonyl (C=O) groups excluding carboxylic acids is 4. The predicted octanol–water partition coefficient (Wildman–Crippen LogP) is 2.46. The van der Waals surface area contributed by atoms with E-state index < -0.39 is 17.8 Å². The van der Waals surface area contributed by atoms with Gasteiger partial charge in [-0.05, 0) is 36.6 Å². The van der Waals surface area contributed by atoms with Crippen LogP contribution in [0, 0.1) is 0 Å². The number of amides is 3. The summed E-state index contributed by atoms with van der Waals surface area (Å²) in [6, 6.07) is 7.90. The molecule has 2 aliphatic heterocycles. The van der Waals surface area contributed by atoms with Crippen LogP contribution in [0.5, 0.6) is 5.75 Å². The topological polar surface area (TPSA) is 185 Å². The molecule has 0 aliphatic carbocycles. The van der Waals surface area contributed by atoms with Gasteiger partial charge in [0.15, 0.2) is 5.82 Å². The van der Waals surface area contributed by atoms with Crippen molar-refractivity contribution in [3.05, 3.63) is 41.6 Å². The number of nitrogen functional groups attached to an aromatic ring is 1. The molecule has 1 aromatic carbocycles. The molecule has 49 heavy (non-hydrogen) atoms. The van der Waals surface area contributed by atoms with Gasteiger partial charge in [0.25, 0.3) is 11.8 Å². The van der Waals surface area contributed by atoms with Crippen molar-refractivity contribution in [1.29, 1.82) is 0 Å². The second-order valence-electron chi connectivity index (χ2n) is 12.5. The maximum Gasteiger partial charge on any atom is 0.333 e. The Labute approximate surface area is 285 Å². The quantitative estimate of drug-likeness (QED) is 0.188. The Kier molecular flexibility index (Phi) is 12.0. The zero-order valence-electron chi connectivity index (χ0n) is 28.2. The fourth-order valence-electron chi connectivity index (χ4n) is 6.21. The van der Waals surface area contributed by atoms with E-state index >= 15 is 0 Å². The average molecular weight is 679 g/mol. The highest BCUT2D eigenvalue weighted by Crippen LogP contribution is 2.28. The van der Waals surface area contributed by atoms with Crippen LogP contribution in [-0.2, 0) is 37.1 Å². The molecule has 0 radical (unpaired) electrons. The zero-order valence-corrected chi connectivity index (χ0v) is 28.2. The highest BCUT2D eigenvalue weighted by molar-refractivity contribution is 6.01. The molecule has 0 saturated carbocycles. The van der Waals surface area contributed by atoms with Crippen molar-refractivity contribution in [3.63, 3.8) is 0 Å². The number of hydrogen-bond acceptors (Lipinski definition) is 12. The van der Waals surface area contributed by atoms with Crippen LogP contribution in [0.3, 0.4) is 0 Å². The van der Waals surface area contributed by atoms with Crippen LogP contribution in [0.25, 0.3) is 11.0 Å². The number of hydrogen-bond donors (Lipinski definition) is 3. The number of imide groups is 1. The van der Waals surface area contributed by atoms with E-state index in [2.05, 4.69) is 37.7 Å². The first-order chi connectivity index (χ1) is 23.7. The Bertz CT molecular complexity index is 1640. The number of unbranched alkanes of at least 4 members (excludes halogenated alkanes) is 1. The van der Waals surface area contributed by atoms with E-state index in [1.54, 1.807) is 12.0 Å². The molecule has 5 rings (SSSR count). The van der Waals surface area contributed by atoms with E-state index in [1.165, 1.54) is 0 Å². The van der Waals surface area contributed by atoms with Crippen LogP contribution in [0.15, 0.2) is 30.5 Å². The van der Waals surface area contributed by atoms with E-state index in [9.17, 15) is 24.3 Å². The fourth-order valence-corrected chi connectivity index (χ4v) is 6.21. The van der Waals surface area contributed by atoms with Crippen molar-refractivity contribution < 1.29 is 33.9 Å². The summed E-state index contributed by atoms with van der Waals surface area (Å²) in [4.78, 5) is 66.0. The largest absolute Gasteiger partial charge is 0.496 e. The number of ether oxygens (including phenoxy) is 1. The summed E-state index contributed by atoms with van der Waals surface area (Å²) < 4.78 is 7.78. The van der Waals surface area contributed by atoms with Gasteiger partial charge in [-0.15, -0.1) is 5.06 Å². The van der Waals surface area contributed by atoms with Crippen molar-refractivity contribution in [1.82, 2.24) is 29.4 Å². The number of aliphatic hydroxyl groups is 1. The summed E-state index contributed by atoms with van der Waals surface area (Å²) in [6.07, 6.45) is 5.24. The minimum atomic E-state index is -0.696. The number of rotatable bonds is 16. The number of nitrogens with zero attached hydrogens (tertiary/aromatic N) is 6. The van der Waals surface area contributed by atoms with Crippen molar-refractivity contribution in [2.75, 3.05) is 50.9 Å². The normalized spacial score (nSPS) is 16.0. The predicted molar refractivity (Wildman–Crippen MR) is 181 cm³/mol. The molecule has 3 aromatic rings. The van der Waals surface area contributed by atoms with Gasteiger partial charge in [0.05, 0.1) is 31.8 Å².